The van der Waals surface area contributed by atoms with Gasteiger partial charge in [-0.25, -0.2) is 0 Å². The zero-order valence-corrected chi connectivity index (χ0v) is 14.8. The number of anilines is 1. The topological polar surface area (TPSA) is 29.3 Å². The van der Waals surface area contributed by atoms with Crippen LogP contribution in [-0.4, -0.2) is 7.05 Å². The molecule has 2 aromatic rings. The third kappa shape index (κ3) is 3.84. The van der Waals surface area contributed by atoms with E-state index in [2.05, 4.69) is 80.2 Å². The van der Waals surface area contributed by atoms with Crippen molar-refractivity contribution in [3.05, 3.63) is 62.5 Å². The molecule has 0 fully saturated rings. The van der Waals surface area contributed by atoms with E-state index >= 15 is 0 Å². The van der Waals surface area contributed by atoms with Crippen LogP contribution in [0, 0.1) is 0 Å². The van der Waals surface area contributed by atoms with E-state index in [1.54, 1.807) is 0 Å². The lowest BCUT2D eigenvalue weighted by Gasteiger charge is -2.22. The standard InChI is InChI=1S/C16H18Br2N2/c1-11(19)13-6-7-16(15(18)9-13)20(2)10-12-4-3-5-14(17)8-12/h3-9,11H,10,19H2,1-2H3/t11-/m1/s1. The number of nitrogens with zero attached hydrogens (tertiary/aromatic N) is 1. The zero-order chi connectivity index (χ0) is 14.7. The van der Waals surface area contributed by atoms with Crippen LogP contribution >= 0.6 is 31.9 Å². The average Bonchev–Trinajstić information content (AvgIpc) is 2.38. The highest BCUT2D eigenvalue weighted by molar-refractivity contribution is 9.10. The first-order valence-corrected chi connectivity index (χ1v) is 8.06. The van der Waals surface area contributed by atoms with E-state index < -0.39 is 0 Å². The second kappa shape index (κ2) is 6.74. The van der Waals surface area contributed by atoms with Gasteiger partial charge in [0.15, 0.2) is 0 Å². The Morgan fingerprint density at radius 1 is 1.15 bits per heavy atom. The fourth-order valence-electron chi connectivity index (χ4n) is 2.11. The molecular weight excluding hydrogens is 380 g/mol. The minimum Gasteiger partial charge on any atom is -0.369 e. The van der Waals surface area contributed by atoms with Gasteiger partial charge in [0.25, 0.3) is 0 Å². The maximum atomic E-state index is 5.91. The van der Waals surface area contributed by atoms with Gasteiger partial charge in [-0.15, -0.1) is 0 Å². The van der Waals surface area contributed by atoms with E-state index in [0.717, 1.165) is 26.7 Å². The summed E-state index contributed by atoms with van der Waals surface area (Å²) in [5.41, 5.74) is 9.47. The highest BCUT2D eigenvalue weighted by Crippen LogP contribution is 2.29. The quantitative estimate of drug-likeness (QED) is 0.797. The number of halogens is 2. The molecule has 2 nitrogen and oxygen atoms in total. The molecule has 0 unspecified atom stereocenters. The van der Waals surface area contributed by atoms with Crippen LogP contribution in [0.2, 0.25) is 0 Å². The predicted octanol–water partition coefficient (Wildman–Crippen LogP) is 4.87. The summed E-state index contributed by atoms with van der Waals surface area (Å²) in [6, 6.07) is 14.7. The summed E-state index contributed by atoms with van der Waals surface area (Å²) >= 11 is 7.14. The van der Waals surface area contributed by atoms with E-state index in [1.807, 2.05) is 13.0 Å². The van der Waals surface area contributed by atoms with Crippen molar-refractivity contribution in [1.82, 2.24) is 0 Å². The van der Waals surface area contributed by atoms with Gasteiger partial charge in [-0.05, 0) is 58.2 Å². The number of nitrogens with two attached hydrogens (primary N) is 1. The van der Waals surface area contributed by atoms with Crippen molar-refractivity contribution in [2.24, 2.45) is 5.73 Å². The maximum absolute atomic E-state index is 5.91. The first-order valence-electron chi connectivity index (χ1n) is 6.48. The summed E-state index contributed by atoms with van der Waals surface area (Å²) in [6.45, 7) is 2.85. The van der Waals surface area contributed by atoms with Crippen LogP contribution in [-0.2, 0) is 6.54 Å². The van der Waals surface area contributed by atoms with E-state index in [0.29, 0.717) is 0 Å². The fraction of sp³-hybridized carbons (Fsp3) is 0.250. The minimum absolute atomic E-state index is 0.0516. The van der Waals surface area contributed by atoms with Gasteiger partial charge in [-0.2, -0.15) is 0 Å². The molecule has 0 aliphatic carbocycles. The summed E-state index contributed by atoms with van der Waals surface area (Å²) in [6.07, 6.45) is 0. The Labute approximate surface area is 137 Å². The van der Waals surface area contributed by atoms with Gasteiger partial charge in [-0.1, -0.05) is 34.1 Å². The van der Waals surface area contributed by atoms with Gasteiger partial charge in [0.2, 0.25) is 0 Å². The van der Waals surface area contributed by atoms with Crippen molar-refractivity contribution >= 4 is 37.5 Å². The molecule has 0 saturated heterocycles. The molecule has 0 heterocycles. The van der Waals surface area contributed by atoms with Crippen molar-refractivity contribution in [2.75, 3.05) is 11.9 Å². The second-order valence-electron chi connectivity index (χ2n) is 4.99. The molecule has 2 N–H and O–H groups in total. The molecule has 0 aliphatic heterocycles. The lowest BCUT2D eigenvalue weighted by Crippen LogP contribution is -2.17. The van der Waals surface area contributed by atoms with Gasteiger partial charge >= 0.3 is 0 Å². The Bertz CT molecular complexity index is 597. The molecule has 0 bridgehead atoms. The van der Waals surface area contributed by atoms with Gasteiger partial charge < -0.3 is 10.6 Å². The molecule has 0 amide bonds. The molecular formula is C16H18Br2N2. The lowest BCUT2D eigenvalue weighted by molar-refractivity contribution is 0.816. The summed E-state index contributed by atoms with van der Waals surface area (Å²) in [5, 5.41) is 0. The lowest BCUT2D eigenvalue weighted by atomic mass is 10.1. The first-order chi connectivity index (χ1) is 9.47. The molecule has 1 atom stereocenters. The third-order valence-corrected chi connectivity index (χ3v) is 4.35. The number of hydrogen-bond acceptors (Lipinski definition) is 2. The Morgan fingerprint density at radius 3 is 2.50 bits per heavy atom. The van der Waals surface area contributed by atoms with Gasteiger partial charge in [0.05, 0.1) is 5.69 Å². The summed E-state index contributed by atoms with van der Waals surface area (Å²) < 4.78 is 2.18. The minimum atomic E-state index is 0.0516. The van der Waals surface area contributed by atoms with Gasteiger partial charge in [0.1, 0.15) is 0 Å². The highest BCUT2D eigenvalue weighted by atomic mass is 79.9. The van der Waals surface area contributed by atoms with Crippen molar-refractivity contribution in [2.45, 2.75) is 19.5 Å². The monoisotopic (exact) mass is 396 g/mol. The van der Waals surface area contributed by atoms with Crippen molar-refractivity contribution in [3.63, 3.8) is 0 Å². The second-order valence-corrected chi connectivity index (χ2v) is 6.76. The van der Waals surface area contributed by atoms with Gasteiger partial charge in [-0.3, -0.25) is 0 Å². The molecule has 2 aromatic carbocycles. The Balaban J connectivity index is 2.19. The highest BCUT2D eigenvalue weighted by Gasteiger charge is 2.09. The summed E-state index contributed by atoms with van der Waals surface area (Å²) in [5.74, 6) is 0. The molecule has 2 rings (SSSR count). The average molecular weight is 398 g/mol. The smallest absolute Gasteiger partial charge is 0.0511 e. The first kappa shape index (κ1) is 15.5. The molecule has 4 heteroatoms. The summed E-state index contributed by atoms with van der Waals surface area (Å²) in [4.78, 5) is 2.22. The van der Waals surface area contributed by atoms with Gasteiger partial charge in [0, 0.05) is 28.6 Å². The predicted molar refractivity (Wildman–Crippen MR) is 93.0 cm³/mol. The Hall–Kier alpha value is -0.840. The maximum Gasteiger partial charge on any atom is 0.0511 e. The molecule has 0 aliphatic rings. The van der Waals surface area contributed by atoms with E-state index in [4.69, 9.17) is 5.73 Å². The van der Waals surface area contributed by atoms with E-state index in [9.17, 15) is 0 Å². The van der Waals surface area contributed by atoms with Crippen LogP contribution in [0.25, 0.3) is 0 Å². The normalized spacial score (nSPS) is 12.2. The molecule has 0 aromatic heterocycles. The van der Waals surface area contributed by atoms with Crippen LogP contribution < -0.4 is 10.6 Å². The Kier molecular flexibility index (Phi) is 5.24. The van der Waals surface area contributed by atoms with E-state index in [1.165, 1.54) is 5.56 Å². The molecule has 106 valence electrons. The van der Waals surface area contributed by atoms with E-state index in [-0.39, 0.29) is 6.04 Å². The number of rotatable bonds is 4. The van der Waals surface area contributed by atoms with Crippen molar-refractivity contribution in [3.8, 4) is 0 Å². The Morgan fingerprint density at radius 2 is 1.90 bits per heavy atom. The largest absolute Gasteiger partial charge is 0.369 e. The van der Waals surface area contributed by atoms with Crippen LogP contribution in [0.15, 0.2) is 51.4 Å². The SMILES string of the molecule is C[C@@H](N)c1ccc(N(C)Cc2cccc(Br)c2)c(Br)c1. The van der Waals surface area contributed by atoms with Crippen LogP contribution in [0.5, 0.6) is 0 Å². The van der Waals surface area contributed by atoms with Crippen LogP contribution in [0.1, 0.15) is 24.1 Å². The number of benzene rings is 2. The third-order valence-electron chi connectivity index (χ3n) is 3.22. The molecule has 0 saturated carbocycles. The number of hydrogen-bond donors (Lipinski definition) is 1. The molecule has 20 heavy (non-hydrogen) atoms. The fourth-order valence-corrected chi connectivity index (χ4v) is 3.26. The van der Waals surface area contributed by atoms with Crippen LogP contribution in [0.4, 0.5) is 5.69 Å². The van der Waals surface area contributed by atoms with Crippen LogP contribution in [0.3, 0.4) is 0 Å². The van der Waals surface area contributed by atoms with Crippen molar-refractivity contribution < 1.29 is 0 Å². The molecule has 0 spiro atoms. The molecule has 0 radical (unpaired) electrons. The zero-order valence-electron chi connectivity index (χ0n) is 11.6. The van der Waals surface area contributed by atoms with Crippen molar-refractivity contribution in [1.29, 1.82) is 0 Å². The summed E-state index contributed by atoms with van der Waals surface area (Å²) in [7, 11) is 2.09.